The molecule has 19 heavy (non-hydrogen) atoms. The molecule has 4 nitrogen and oxygen atoms in total. The first-order valence-corrected chi connectivity index (χ1v) is 6.16. The number of aromatic nitrogens is 2. The van der Waals surface area contributed by atoms with Crippen LogP contribution in [-0.4, -0.2) is 36.3 Å². The first-order valence-electron chi connectivity index (χ1n) is 6.16. The molecular formula is C12H19F3N4. The number of aryl methyl sites for hydroxylation is 1. The molecule has 0 aliphatic carbocycles. The Bertz CT molecular complexity index is 406. The van der Waals surface area contributed by atoms with Crippen molar-refractivity contribution in [2.24, 2.45) is 0 Å². The molecule has 1 aromatic heterocycles. The van der Waals surface area contributed by atoms with Crippen LogP contribution in [0.4, 0.5) is 19.1 Å². The van der Waals surface area contributed by atoms with Gasteiger partial charge >= 0.3 is 6.18 Å². The first kappa shape index (κ1) is 15.7. The van der Waals surface area contributed by atoms with Crippen molar-refractivity contribution in [3.05, 3.63) is 17.5 Å². The van der Waals surface area contributed by atoms with E-state index in [0.29, 0.717) is 18.7 Å². The van der Waals surface area contributed by atoms with Gasteiger partial charge in [-0.3, -0.25) is 0 Å². The third-order valence-electron chi connectivity index (χ3n) is 2.58. The minimum absolute atomic E-state index is 0.136. The Morgan fingerprint density at radius 3 is 2.53 bits per heavy atom. The molecule has 0 atom stereocenters. The van der Waals surface area contributed by atoms with Gasteiger partial charge in [0.25, 0.3) is 0 Å². The standard InChI is InChI=1S/C12H19F3N4/c1-4-5-19(8-12(13,14)15)11-17-7-10(6-16-3)9(2)18-11/h7,16H,4-6,8H2,1-3H3. The van der Waals surface area contributed by atoms with Gasteiger partial charge in [-0.25, -0.2) is 9.97 Å². The fraction of sp³-hybridized carbons (Fsp3) is 0.667. The quantitative estimate of drug-likeness (QED) is 0.865. The smallest absolute Gasteiger partial charge is 0.332 e. The number of nitrogens with zero attached hydrogens (tertiary/aromatic N) is 3. The second kappa shape index (κ2) is 6.70. The zero-order valence-electron chi connectivity index (χ0n) is 11.4. The summed E-state index contributed by atoms with van der Waals surface area (Å²) in [4.78, 5) is 9.37. The number of alkyl halides is 3. The van der Waals surface area contributed by atoms with E-state index in [1.165, 1.54) is 0 Å². The lowest BCUT2D eigenvalue weighted by Crippen LogP contribution is -2.36. The molecule has 0 aliphatic rings. The van der Waals surface area contributed by atoms with Gasteiger partial charge in [0.2, 0.25) is 5.95 Å². The van der Waals surface area contributed by atoms with Crippen molar-refractivity contribution >= 4 is 5.95 Å². The molecule has 7 heteroatoms. The molecule has 0 amide bonds. The van der Waals surface area contributed by atoms with Crippen molar-refractivity contribution < 1.29 is 13.2 Å². The van der Waals surface area contributed by atoms with Gasteiger partial charge in [-0.2, -0.15) is 13.2 Å². The van der Waals surface area contributed by atoms with Crippen molar-refractivity contribution in [2.45, 2.75) is 33.0 Å². The highest BCUT2D eigenvalue weighted by atomic mass is 19.4. The summed E-state index contributed by atoms with van der Waals surface area (Å²) in [7, 11) is 1.79. The topological polar surface area (TPSA) is 41.1 Å². The summed E-state index contributed by atoms with van der Waals surface area (Å²) in [5, 5.41) is 2.96. The minimum Gasteiger partial charge on any atom is -0.332 e. The van der Waals surface area contributed by atoms with Crippen molar-refractivity contribution in [3.8, 4) is 0 Å². The van der Waals surface area contributed by atoms with E-state index in [-0.39, 0.29) is 12.5 Å². The molecule has 1 aromatic rings. The summed E-state index contributed by atoms with van der Waals surface area (Å²) in [6.45, 7) is 3.45. The Balaban J connectivity index is 2.93. The third kappa shape index (κ3) is 5.02. The first-order chi connectivity index (χ1) is 8.87. The number of hydrogen-bond acceptors (Lipinski definition) is 4. The average molecular weight is 276 g/mol. The minimum atomic E-state index is -4.25. The van der Waals surface area contributed by atoms with Crippen molar-refractivity contribution in [3.63, 3.8) is 0 Å². The number of anilines is 1. The highest BCUT2D eigenvalue weighted by Crippen LogP contribution is 2.20. The summed E-state index contributed by atoms with van der Waals surface area (Å²) in [6.07, 6.45) is -2.07. The number of halogens is 3. The van der Waals surface area contributed by atoms with Crippen molar-refractivity contribution in [1.82, 2.24) is 15.3 Å². The van der Waals surface area contributed by atoms with Crippen LogP contribution >= 0.6 is 0 Å². The molecule has 0 spiro atoms. The molecule has 1 heterocycles. The Morgan fingerprint density at radius 1 is 1.37 bits per heavy atom. The lowest BCUT2D eigenvalue weighted by molar-refractivity contribution is -0.119. The summed E-state index contributed by atoms with van der Waals surface area (Å²) >= 11 is 0. The second-order valence-electron chi connectivity index (χ2n) is 4.35. The fourth-order valence-corrected chi connectivity index (χ4v) is 1.73. The van der Waals surface area contributed by atoms with Crippen LogP contribution in [0.5, 0.6) is 0 Å². The predicted octanol–water partition coefficient (Wildman–Crippen LogP) is 2.28. The Hall–Kier alpha value is -1.37. The van der Waals surface area contributed by atoms with E-state index >= 15 is 0 Å². The molecule has 108 valence electrons. The van der Waals surface area contributed by atoms with Crippen molar-refractivity contribution in [2.75, 3.05) is 25.0 Å². The summed E-state index contributed by atoms with van der Waals surface area (Å²) in [6, 6.07) is 0. The van der Waals surface area contributed by atoms with Crippen LogP contribution < -0.4 is 10.2 Å². The lowest BCUT2D eigenvalue weighted by Gasteiger charge is -2.23. The van der Waals surface area contributed by atoms with Gasteiger partial charge < -0.3 is 10.2 Å². The number of hydrogen-bond donors (Lipinski definition) is 1. The predicted molar refractivity (Wildman–Crippen MR) is 68.1 cm³/mol. The molecule has 0 aliphatic heterocycles. The maximum Gasteiger partial charge on any atom is 0.406 e. The normalized spacial score (nSPS) is 11.7. The Labute approximate surface area is 111 Å². The SMILES string of the molecule is CCCN(CC(F)(F)F)c1ncc(CNC)c(C)n1. The van der Waals surface area contributed by atoms with Crippen molar-refractivity contribution in [1.29, 1.82) is 0 Å². The van der Waals surface area contributed by atoms with E-state index in [0.717, 1.165) is 10.5 Å². The van der Waals surface area contributed by atoms with Gasteiger partial charge in [0.1, 0.15) is 6.54 Å². The van der Waals surface area contributed by atoms with Crippen LogP contribution in [0.2, 0.25) is 0 Å². The van der Waals surface area contributed by atoms with E-state index in [1.54, 1.807) is 20.2 Å². The molecule has 0 fully saturated rings. The van der Waals surface area contributed by atoms with Gasteiger partial charge in [0.05, 0.1) is 0 Å². The maximum atomic E-state index is 12.5. The highest BCUT2D eigenvalue weighted by Gasteiger charge is 2.31. The fourth-order valence-electron chi connectivity index (χ4n) is 1.73. The van der Waals surface area contributed by atoms with Gasteiger partial charge in [0.15, 0.2) is 0 Å². The maximum absolute atomic E-state index is 12.5. The Morgan fingerprint density at radius 2 is 2.05 bits per heavy atom. The van der Waals surface area contributed by atoms with E-state index < -0.39 is 12.7 Å². The molecule has 0 unspecified atom stereocenters. The van der Waals surface area contributed by atoms with Crippen LogP contribution in [0.25, 0.3) is 0 Å². The van der Waals surface area contributed by atoms with Gasteiger partial charge in [0, 0.05) is 30.5 Å². The molecule has 0 saturated heterocycles. The third-order valence-corrected chi connectivity index (χ3v) is 2.58. The molecular weight excluding hydrogens is 257 g/mol. The summed E-state index contributed by atoms with van der Waals surface area (Å²) < 4.78 is 37.5. The van der Waals surface area contributed by atoms with E-state index in [2.05, 4.69) is 15.3 Å². The second-order valence-corrected chi connectivity index (χ2v) is 4.35. The Kier molecular flexibility index (Phi) is 5.53. The lowest BCUT2D eigenvalue weighted by atomic mass is 10.2. The zero-order chi connectivity index (χ0) is 14.5. The average Bonchev–Trinajstić information content (AvgIpc) is 2.30. The summed E-state index contributed by atoms with van der Waals surface area (Å²) in [5.74, 6) is 0.136. The van der Waals surface area contributed by atoms with Crippen LogP contribution in [0, 0.1) is 6.92 Å². The molecule has 0 bridgehead atoms. The van der Waals surface area contributed by atoms with E-state index in [9.17, 15) is 13.2 Å². The zero-order valence-corrected chi connectivity index (χ0v) is 11.4. The van der Waals surface area contributed by atoms with Gasteiger partial charge in [-0.05, 0) is 20.4 Å². The highest BCUT2D eigenvalue weighted by molar-refractivity contribution is 5.33. The number of nitrogens with one attached hydrogen (secondary N) is 1. The van der Waals surface area contributed by atoms with Crippen LogP contribution in [0.15, 0.2) is 6.20 Å². The molecule has 1 rings (SSSR count). The monoisotopic (exact) mass is 276 g/mol. The number of rotatable bonds is 6. The largest absolute Gasteiger partial charge is 0.406 e. The molecule has 0 saturated carbocycles. The van der Waals surface area contributed by atoms with Gasteiger partial charge in [-0.1, -0.05) is 6.92 Å². The van der Waals surface area contributed by atoms with E-state index in [1.807, 2.05) is 6.92 Å². The van der Waals surface area contributed by atoms with Crippen LogP contribution in [-0.2, 0) is 6.54 Å². The molecule has 0 aromatic carbocycles. The van der Waals surface area contributed by atoms with Gasteiger partial charge in [-0.15, -0.1) is 0 Å². The molecule has 0 radical (unpaired) electrons. The molecule has 1 N–H and O–H groups in total. The van der Waals surface area contributed by atoms with Crippen LogP contribution in [0.3, 0.4) is 0 Å². The van der Waals surface area contributed by atoms with Crippen LogP contribution in [0.1, 0.15) is 24.6 Å². The summed E-state index contributed by atoms with van der Waals surface area (Å²) in [5.41, 5.74) is 1.58. The van der Waals surface area contributed by atoms with E-state index in [4.69, 9.17) is 0 Å².